The minimum Gasteiger partial charge on any atom is -0.494 e. The van der Waals surface area contributed by atoms with Crippen molar-refractivity contribution in [3.05, 3.63) is 88.5 Å². The summed E-state index contributed by atoms with van der Waals surface area (Å²) in [5, 5.41) is 11.4. The molecule has 29 heavy (non-hydrogen) atoms. The smallest absolute Gasteiger partial charge is 0.330 e. The first kappa shape index (κ1) is 20.6. The number of rotatable bonds is 6. The molecule has 1 atom stereocenters. The molecule has 0 aliphatic rings. The molecule has 1 aromatic heterocycles. The lowest BCUT2D eigenvalue weighted by atomic mass is 9.98. The zero-order chi connectivity index (χ0) is 21.0. The quantitative estimate of drug-likeness (QED) is 0.474. The Morgan fingerprint density at radius 1 is 1.17 bits per heavy atom. The molecule has 0 spiro atoms. The van der Waals surface area contributed by atoms with Gasteiger partial charge in [-0.05, 0) is 42.5 Å². The van der Waals surface area contributed by atoms with Gasteiger partial charge in [-0.15, -0.1) is 0 Å². The highest BCUT2D eigenvalue weighted by Crippen LogP contribution is 2.34. The number of halogens is 2. The molecule has 1 heterocycles. The van der Waals surface area contributed by atoms with E-state index in [1.165, 1.54) is 32.4 Å². The largest absolute Gasteiger partial charge is 0.494 e. The number of carbonyl (C=O) groups is 1. The van der Waals surface area contributed by atoms with Gasteiger partial charge in [-0.25, -0.2) is 9.18 Å². The van der Waals surface area contributed by atoms with Crippen LogP contribution in [0.2, 0.25) is 5.02 Å². The van der Waals surface area contributed by atoms with Gasteiger partial charge in [0.05, 0.1) is 19.9 Å². The van der Waals surface area contributed by atoms with Crippen molar-refractivity contribution in [2.45, 2.75) is 6.10 Å². The number of benzene rings is 2. The first-order chi connectivity index (χ1) is 14.0. The van der Waals surface area contributed by atoms with Crippen molar-refractivity contribution in [2.24, 2.45) is 0 Å². The zero-order valence-corrected chi connectivity index (χ0v) is 16.6. The van der Waals surface area contributed by atoms with E-state index in [4.69, 9.17) is 16.3 Å². The number of aliphatic hydroxyl groups is 1. The summed E-state index contributed by atoms with van der Waals surface area (Å²) in [7, 11) is 2.65. The molecule has 0 bridgehead atoms. The van der Waals surface area contributed by atoms with Crippen molar-refractivity contribution in [3.8, 4) is 11.4 Å². The highest BCUT2D eigenvalue weighted by Gasteiger charge is 2.22. The van der Waals surface area contributed by atoms with E-state index >= 15 is 0 Å². The van der Waals surface area contributed by atoms with Crippen molar-refractivity contribution >= 4 is 23.6 Å². The number of aliphatic hydroxyl groups excluding tert-OH is 1. The monoisotopic (exact) mass is 415 g/mol. The molecule has 7 heteroatoms. The minimum absolute atomic E-state index is 0.0350. The predicted molar refractivity (Wildman–Crippen MR) is 109 cm³/mol. The van der Waals surface area contributed by atoms with E-state index in [0.29, 0.717) is 22.0 Å². The molecule has 0 aliphatic heterocycles. The number of hydrogen-bond donors (Lipinski definition) is 1. The lowest BCUT2D eigenvalue weighted by molar-refractivity contribution is -0.134. The summed E-state index contributed by atoms with van der Waals surface area (Å²) in [5.74, 6) is -1.10. The van der Waals surface area contributed by atoms with E-state index in [0.717, 1.165) is 0 Å². The van der Waals surface area contributed by atoms with Crippen molar-refractivity contribution < 1.29 is 23.8 Å². The molecule has 0 saturated carbocycles. The third-order valence-electron chi connectivity index (χ3n) is 4.42. The first-order valence-corrected chi connectivity index (χ1v) is 9.07. The van der Waals surface area contributed by atoms with Gasteiger partial charge in [0.25, 0.3) is 0 Å². The molecule has 0 radical (unpaired) electrons. The molecule has 3 aromatic rings. The van der Waals surface area contributed by atoms with E-state index < -0.39 is 17.9 Å². The molecule has 0 saturated heterocycles. The average molecular weight is 416 g/mol. The standard InChI is InChI=1S/C22H19ClFNO4/c1-28-19-7-3-6-16(21(19)24)22(27)17-13-14(23)8-10-18(17)25-12-4-5-15(25)9-11-20(26)29-2/h3-13,22,27H,1-2H3/b11-9+. The SMILES string of the molecule is COC(=O)/C=C/c1cccn1-c1ccc(Cl)cc1C(O)c1cccc(OC)c1F. The topological polar surface area (TPSA) is 60.7 Å². The van der Waals surface area contributed by atoms with Crippen LogP contribution in [0.25, 0.3) is 11.8 Å². The van der Waals surface area contributed by atoms with Crippen LogP contribution in [0.1, 0.15) is 22.9 Å². The van der Waals surface area contributed by atoms with Crippen LogP contribution in [0.4, 0.5) is 4.39 Å². The Bertz CT molecular complexity index is 1060. The number of carbonyl (C=O) groups excluding carboxylic acids is 1. The molecule has 5 nitrogen and oxygen atoms in total. The molecule has 0 aliphatic carbocycles. The second-order valence-corrected chi connectivity index (χ2v) is 6.57. The van der Waals surface area contributed by atoms with Crippen LogP contribution in [0.15, 0.2) is 60.8 Å². The number of hydrogen-bond acceptors (Lipinski definition) is 4. The Morgan fingerprint density at radius 2 is 1.97 bits per heavy atom. The van der Waals surface area contributed by atoms with Crippen molar-refractivity contribution in [1.82, 2.24) is 4.57 Å². The Hall–Kier alpha value is -3.09. The van der Waals surface area contributed by atoms with Gasteiger partial charge in [0.1, 0.15) is 6.10 Å². The second kappa shape index (κ2) is 8.94. The van der Waals surface area contributed by atoms with Crippen molar-refractivity contribution in [2.75, 3.05) is 14.2 Å². The highest BCUT2D eigenvalue weighted by molar-refractivity contribution is 6.30. The van der Waals surface area contributed by atoms with Gasteiger partial charge in [0.15, 0.2) is 11.6 Å². The van der Waals surface area contributed by atoms with Gasteiger partial charge in [-0.2, -0.15) is 0 Å². The van der Waals surface area contributed by atoms with Crippen LogP contribution < -0.4 is 4.74 Å². The van der Waals surface area contributed by atoms with Crippen LogP contribution in [-0.2, 0) is 9.53 Å². The molecule has 1 unspecified atom stereocenters. The lowest BCUT2D eigenvalue weighted by Crippen LogP contribution is -2.09. The fourth-order valence-corrected chi connectivity index (χ4v) is 3.18. The van der Waals surface area contributed by atoms with E-state index in [2.05, 4.69) is 4.74 Å². The predicted octanol–water partition coefficient (Wildman–Crippen LogP) is 4.55. The Labute approximate surface area is 172 Å². The molecule has 0 amide bonds. The highest BCUT2D eigenvalue weighted by atomic mass is 35.5. The maximum absolute atomic E-state index is 14.7. The number of nitrogens with zero attached hydrogens (tertiary/aromatic N) is 1. The van der Waals surface area contributed by atoms with Crippen molar-refractivity contribution in [3.63, 3.8) is 0 Å². The van der Waals surface area contributed by atoms with Crippen LogP contribution in [-0.4, -0.2) is 29.9 Å². The van der Waals surface area contributed by atoms with Gasteiger partial charge in [-0.1, -0.05) is 23.7 Å². The van der Waals surface area contributed by atoms with Crippen molar-refractivity contribution in [1.29, 1.82) is 0 Å². The van der Waals surface area contributed by atoms with E-state index in [1.807, 2.05) is 0 Å². The maximum Gasteiger partial charge on any atom is 0.330 e. The molecule has 0 fully saturated rings. The number of aromatic nitrogens is 1. The number of ether oxygens (including phenoxy) is 2. The van der Waals surface area contributed by atoms with E-state index in [9.17, 15) is 14.3 Å². The summed E-state index contributed by atoms with van der Waals surface area (Å²) >= 11 is 6.16. The first-order valence-electron chi connectivity index (χ1n) is 8.70. The maximum atomic E-state index is 14.7. The second-order valence-electron chi connectivity index (χ2n) is 6.13. The van der Waals surface area contributed by atoms with Crippen LogP contribution >= 0.6 is 11.6 Å². The minimum atomic E-state index is -1.29. The zero-order valence-electron chi connectivity index (χ0n) is 15.8. The molecule has 2 aromatic carbocycles. The molecule has 1 N–H and O–H groups in total. The fourth-order valence-electron chi connectivity index (χ4n) is 3.00. The van der Waals surface area contributed by atoms with Gasteiger partial charge >= 0.3 is 5.97 Å². The van der Waals surface area contributed by atoms with Crippen LogP contribution in [0.3, 0.4) is 0 Å². The summed E-state index contributed by atoms with van der Waals surface area (Å²) in [6, 6.07) is 13.1. The van der Waals surface area contributed by atoms with E-state index in [-0.39, 0.29) is 11.3 Å². The summed E-state index contributed by atoms with van der Waals surface area (Å²) in [5.41, 5.74) is 1.70. The van der Waals surface area contributed by atoms with Gasteiger partial charge in [0, 0.05) is 34.1 Å². The summed E-state index contributed by atoms with van der Waals surface area (Å²) in [4.78, 5) is 11.4. The average Bonchev–Trinajstić information content (AvgIpc) is 3.20. The molecule has 3 rings (SSSR count). The summed E-state index contributed by atoms with van der Waals surface area (Å²) in [6.07, 6.45) is 3.35. The third kappa shape index (κ3) is 4.34. The molecule has 150 valence electrons. The Morgan fingerprint density at radius 3 is 2.69 bits per heavy atom. The number of esters is 1. The van der Waals surface area contributed by atoms with Gasteiger partial charge < -0.3 is 19.1 Å². The van der Waals surface area contributed by atoms with Gasteiger partial charge in [0.2, 0.25) is 0 Å². The lowest BCUT2D eigenvalue weighted by Gasteiger charge is -2.19. The van der Waals surface area contributed by atoms with Crippen LogP contribution in [0, 0.1) is 5.82 Å². The summed E-state index contributed by atoms with van der Waals surface area (Å²) in [6.45, 7) is 0. The third-order valence-corrected chi connectivity index (χ3v) is 4.66. The fraction of sp³-hybridized carbons (Fsp3) is 0.136. The van der Waals surface area contributed by atoms with Gasteiger partial charge in [-0.3, -0.25) is 0 Å². The number of methoxy groups -OCH3 is 2. The normalized spacial score (nSPS) is 12.2. The summed E-state index contributed by atoms with van der Waals surface area (Å²) < 4.78 is 26.1. The Balaban J connectivity index is 2.10. The van der Waals surface area contributed by atoms with Crippen LogP contribution in [0.5, 0.6) is 5.75 Å². The molecular formula is C22H19ClFNO4. The Kier molecular flexibility index (Phi) is 6.36. The van der Waals surface area contributed by atoms with E-state index in [1.54, 1.807) is 53.2 Å². The molecular weight excluding hydrogens is 397 g/mol.